The van der Waals surface area contributed by atoms with Crippen LogP contribution in [0.2, 0.25) is 0 Å². The van der Waals surface area contributed by atoms with Crippen LogP contribution in [0.1, 0.15) is 30.4 Å². The number of ether oxygens (including phenoxy) is 1. The Bertz CT molecular complexity index is 833. The van der Waals surface area contributed by atoms with Gasteiger partial charge in [0.2, 0.25) is 0 Å². The standard InChI is InChI=1S/C22H23NO4/c1-2-14-11-23(12-19(14)21(24)25)22(26)27-13-20-17-9-5-3-7-15(17)16-8-4-6-10-18(16)20/h3-10,14,19-20H,2,11-13H2,1H3,(H,24,25)/t14-,19-/m1/s1. The van der Waals surface area contributed by atoms with Gasteiger partial charge in [-0.15, -0.1) is 0 Å². The van der Waals surface area contributed by atoms with Gasteiger partial charge in [-0.25, -0.2) is 4.79 Å². The molecule has 2 aromatic rings. The monoisotopic (exact) mass is 365 g/mol. The second-order valence-electron chi connectivity index (χ2n) is 7.32. The van der Waals surface area contributed by atoms with Crippen molar-refractivity contribution < 1.29 is 19.4 Å². The molecule has 0 spiro atoms. The Morgan fingerprint density at radius 3 is 2.15 bits per heavy atom. The fourth-order valence-corrected chi connectivity index (χ4v) is 4.40. The van der Waals surface area contributed by atoms with Gasteiger partial charge in [0, 0.05) is 19.0 Å². The van der Waals surface area contributed by atoms with Gasteiger partial charge in [0.25, 0.3) is 0 Å². The molecule has 1 N–H and O–H groups in total. The van der Waals surface area contributed by atoms with E-state index in [-0.39, 0.29) is 25.0 Å². The number of carbonyl (C=O) groups is 2. The van der Waals surface area contributed by atoms with Gasteiger partial charge in [-0.05, 0) is 28.2 Å². The summed E-state index contributed by atoms with van der Waals surface area (Å²) in [6.07, 6.45) is 0.323. The summed E-state index contributed by atoms with van der Waals surface area (Å²) in [5.74, 6) is -1.34. The van der Waals surface area contributed by atoms with Gasteiger partial charge < -0.3 is 14.7 Å². The number of likely N-dealkylation sites (tertiary alicyclic amines) is 1. The van der Waals surface area contributed by atoms with Crippen LogP contribution in [0.4, 0.5) is 4.79 Å². The molecule has 1 amide bonds. The zero-order chi connectivity index (χ0) is 19.0. The lowest BCUT2D eigenvalue weighted by atomic mass is 9.94. The molecule has 0 saturated carbocycles. The van der Waals surface area contributed by atoms with Gasteiger partial charge in [-0.2, -0.15) is 0 Å². The number of aliphatic carboxylic acids is 1. The maximum Gasteiger partial charge on any atom is 0.409 e. The van der Waals surface area contributed by atoms with Gasteiger partial charge in [-0.1, -0.05) is 61.9 Å². The smallest absolute Gasteiger partial charge is 0.409 e. The Labute approximate surface area is 158 Å². The van der Waals surface area contributed by atoms with E-state index in [0.29, 0.717) is 6.54 Å². The first-order chi connectivity index (χ1) is 13.1. The molecular formula is C22H23NO4. The molecule has 1 aliphatic heterocycles. The number of rotatable bonds is 4. The first kappa shape index (κ1) is 17.6. The Balaban J connectivity index is 1.48. The van der Waals surface area contributed by atoms with Crippen molar-refractivity contribution in [1.82, 2.24) is 4.90 Å². The number of carboxylic acid groups (broad SMARTS) is 1. The Kier molecular flexibility index (Phi) is 4.60. The summed E-state index contributed by atoms with van der Waals surface area (Å²) in [5.41, 5.74) is 4.71. The predicted molar refractivity (Wildman–Crippen MR) is 102 cm³/mol. The summed E-state index contributed by atoms with van der Waals surface area (Å²) in [6.45, 7) is 2.90. The third kappa shape index (κ3) is 3.07. The minimum atomic E-state index is -0.837. The molecule has 0 radical (unpaired) electrons. The molecule has 0 unspecified atom stereocenters. The summed E-state index contributed by atoms with van der Waals surface area (Å²) in [7, 11) is 0. The fourth-order valence-electron chi connectivity index (χ4n) is 4.40. The van der Waals surface area contributed by atoms with Crippen LogP contribution in [0.3, 0.4) is 0 Å². The number of fused-ring (bicyclic) bond motifs is 3. The zero-order valence-electron chi connectivity index (χ0n) is 15.3. The lowest BCUT2D eigenvalue weighted by Crippen LogP contribution is -2.31. The number of benzene rings is 2. The van der Waals surface area contributed by atoms with Crippen LogP contribution in [-0.4, -0.2) is 41.8 Å². The number of hydrogen-bond acceptors (Lipinski definition) is 3. The van der Waals surface area contributed by atoms with Crippen LogP contribution in [0.25, 0.3) is 11.1 Å². The predicted octanol–water partition coefficient (Wildman–Crippen LogP) is 3.98. The van der Waals surface area contributed by atoms with E-state index in [1.54, 1.807) is 4.90 Å². The third-order valence-electron chi connectivity index (χ3n) is 5.88. The third-order valence-corrected chi connectivity index (χ3v) is 5.88. The molecule has 5 nitrogen and oxygen atoms in total. The highest BCUT2D eigenvalue weighted by Gasteiger charge is 2.39. The van der Waals surface area contributed by atoms with E-state index >= 15 is 0 Å². The molecule has 0 bridgehead atoms. The molecule has 1 saturated heterocycles. The fraction of sp³-hybridized carbons (Fsp3) is 0.364. The van der Waals surface area contributed by atoms with Gasteiger partial charge in [-0.3, -0.25) is 4.79 Å². The van der Waals surface area contributed by atoms with Gasteiger partial charge in [0.1, 0.15) is 6.61 Å². The van der Waals surface area contributed by atoms with Crippen LogP contribution in [0, 0.1) is 11.8 Å². The van der Waals surface area contributed by atoms with Gasteiger partial charge in [0.05, 0.1) is 5.92 Å². The van der Waals surface area contributed by atoms with Crippen molar-refractivity contribution >= 4 is 12.1 Å². The molecule has 0 aromatic heterocycles. The molecule has 2 aromatic carbocycles. The van der Waals surface area contributed by atoms with Crippen LogP contribution in [0.5, 0.6) is 0 Å². The van der Waals surface area contributed by atoms with Crippen molar-refractivity contribution in [1.29, 1.82) is 0 Å². The number of hydrogen-bond donors (Lipinski definition) is 1. The zero-order valence-corrected chi connectivity index (χ0v) is 15.3. The SMILES string of the molecule is CC[C@@H]1CN(C(=O)OCC2c3ccccc3-c3ccccc32)C[C@H]1C(=O)O. The molecule has 27 heavy (non-hydrogen) atoms. The number of nitrogens with zero attached hydrogens (tertiary/aromatic N) is 1. The summed E-state index contributed by atoms with van der Waals surface area (Å²) in [4.78, 5) is 25.5. The van der Waals surface area contributed by atoms with E-state index < -0.39 is 18.0 Å². The van der Waals surface area contributed by atoms with E-state index in [1.165, 1.54) is 22.3 Å². The van der Waals surface area contributed by atoms with Crippen LogP contribution >= 0.6 is 0 Å². The summed E-state index contributed by atoms with van der Waals surface area (Å²) >= 11 is 0. The Morgan fingerprint density at radius 2 is 1.63 bits per heavy atom. The average molecular weight is 365 g/mol. The maximum atomic E-state index is 12.6. The average Bonchev–Trinajstić information content (AvgIpc) is 3.26. The molecule has 5 heteroatoms. The lowest BCUT2D eigenvalue weighted by molar-refractivity contribution is -0.142. The van der Waals surface area contributed by atoms with Crippen LogP contribution in [0.15, 0.2) is 48.5 Å². The van der Waals surface area contributed by atoms with Gasteiger partial charge >= 0.3 is 12.1 Å². The molecule has 1 aliphatic carbocycles. The minimum absolute atomic E-state index is 0.0111. The minimum Gasteiger partial charge on any atom is -0.481 e. The first-order valence-electron chi connectivity index (χ1n) is 9.42. The van der Waals surface area contributed by atoms with Crippen molar-refractivity contribution in [2.24, 2.45) is 11.8 Å². The van der Waals surface area contributed by atoms with E-state index in [4.69, 9.17) is 4.74 Å². The number of amides is 1. The molecule has 2 atom stereocenters. The highest BCUT2D eigenvalue weighted by atomic mass is 16.6. The first-order valence-corrected chi connectivity index (χ1v) is 9.42. The molecule has 140 valence electrons. The van der Waals surface area contributed by atoms with Crippen molar-refractivity contribution in [3.8, 4) is 11.1 Å². The van der Waals surface area contributed by atoms with Crippen molar-refractivity contribution in [3.05, 3.63) is 59.7 Å². The van der Waals surface area contributed by atoms with E-state index in [1.807, 2.05) is 31.2 Å². The van der Waals surface area contributed by atoms with Crippen molar-refractivity contribution in [2.45, 2.75) is 19.3 Å². The van der Waals surface area contributed by atoms with Crippen LogP contribution < -0.4 is 0 Å². The van der Waals surface area contributed by atoms with Crippen molar-refractivity contribution in [2.75, 3.05) is 19.7 Å². The second-order valence-corrected chi connectivity index (χ2v) is 7.32. The molecule has 1 heterocycles. The quantitative estimate of drug-likeness (QED) is 0.890. The molecule has 4 rings (SSSR count). The molecule has 2 aliphatic rings. The summed E-state index contributed by atoms with van der Waals surface area (Å²) in [5, 5.41) is 9.36. The second kappa shape index (κ2) is 7.06. The van der Waals surface area contributed by atoms with E-state index in [0.717, 1.165) is 6.42 Å². The van der Waals surface area contributed by atoms with Gasteiger partial charge in [0.15, 0.2) is 0 Å². The molecule has 1 fully saturated rings. The Morgan fingerprint density at radius 1 is 1.04 bits per heavy atom. The molecular weight excluding hydrogens is 342 g/mol. The largest absolute Gasteiger partial charge is 0.481 e. The van der Waals surface area contributed by atoms with Crippen molar-refractivity contribution in [3.63, 3.8) is 0 Å². The number of carbonyl (C=O) groups excluding carboxylic acids is 1. The topological polar surface area (TPSA) is 66.8 Å². The maximum absolute atomic E-state index is 12.6. The highest BCUT2D eigenvalue weighted by molar-refractivity contribution is 5.79. The van der Waals surface area contributed by atoms with Crippen LogP contribution in [-0.2, 0) is 9.53 Å². The number of carboxylic acids is 1. The summed E-state index contributed by atoms with van der Waals surface area (Å²) in [6, 6.07) is 16.4. The summed E-state index contributed by atoms with van der Waals surface area (Å²) < 4.78 is 5.64. The highest BCUT2D eigenvalue weighted by Crippen LogP contribution is 2.44. The van der Waals surface area contributed by atoms with E-state index in [2.05, 4.69) is 24.3 Å². The Hall–Kier alpha value is -2.82. The van der Waals surface area contributed by atoms with E-state index in [9.17, 15) is 14.7 Å². The normalized spacial score (nSPS) is 21.0. The lowest BCUT2D eigenvalue weighted by Gasteiger charge is -2.19.